The molecule has 0 radical (unpaired) electrons. The van der Waals surface area contributed by atoms with Gasteiger partial charge in [0.2, 0.25) is 0 Å². The standard InChI is InChI=1S/C14H13N3O3S/c1-8(2)14-16-10(7-15)13(21-14)12(18)9-5-3-4-6-11(9)17(19)20/h3-6,8,12,18H,1-2H3. The Balaban J connectivity index is 2.53. The van der Waals surface area contributed by atoms with Gasteiger partial charge in [-0.25, -0.2) is 4.98 Å². The second kappa shape index (κ2) is 5.99. The number of hydrogen-bond acceptors (Lipinski definition) is 6. The third kappa shape index (κ3) is 2.91. The Labute approximate surface area is 125 Å². The number of hydrogen-bond donors (Lipinski definition) is 1. The van der Waals surface area contributed by atoms with Crippen molar-refractivity contribution < 1.29 is 10.0 Å². The van der Waals surface area contributed by atoms with E-state index < -0.39 is 11.0 Å². The summed E-state index contributed by atoms with van der Waals surface area (Å²) in [6.07, 6.45) is -1.23. The first kappa shape index (κ1) is 15.1. The molecule has 0 aliphatic carbocycles. The highest BCUT2D eigenvalue weighted by molar-refractivity contribution is 7.12. The van der Waals surface area contributed by atoms with Crippen molar-refractivity contribution in [3.8, 4) is 6.07 Å². The van der Waals surface area contributed by atoms with Crippen molar-refractivity contribution in [1.82, 2.24) is 4.98 Å². The summed E-state index contributed by atoms with van der Waals surface area (Å²) in [6, 6.07) is 7.90. The van der Waals surface area contributed by atoms with Crippen molar-refractivity contribution in [1.29, 1.82) is 5.26 Å². The van der Waals surface area contributed by atoms with Gasteiger partial charge >= 0.3 is 0 Å². The highest BCUT2D eigenvalue weighted by Crippen LogP contribution is 2.36. The van der Waals surface area contributed by atoms with Gasteiger partial charge in [-0.05, 0) is 6.07 Å². The molecule has 1 atom stereocenters. The average molecular weight is 303 g/mol. The summed E-state index contributed by atoms with van der Waals surface area (Å²) in [6.45, 7) is 3.86. The zero-order valence-corrected chi connectivity index (χ0v) is 12.3. The first-order valence-electron chi connectivity index (χ1n) is 6.27. The van der Waals surface area contributed by atoms with Crippen molar-refractivity contribution in [2.45, 2.75) is 25.9 Å². The number of nitro benzene ring substituents is 1. The van der Waals surface area contributed by atoms with Crippen LogP contribution in [-0.4, -0.2) is 15.0 Å². The van der Waals surface area contributed by atoms with Crippen LogP contribution in [0.3, 0.4) is 0 Å². The van der Waals surface area contributed by atoms with E-state index in [2.05, 4.69) is 4.98 Å². The lowest BCUT2D eigenvalue weighted by molar-refractivity contribution is -0.386. The number of aromatic nitrogens is 1. The van der Waals surface area contributed by atoms with E-state index in [0.29, 0.717) is 4.88 Å². The van der Waals surface area contributed by atoms with Gasteiger partial charge in [-0.3, -0.25) is 10.1 Å². The number of thiazole rings is 1. The zero-order chi connectivity index (χ0) is 15.6. The van der Waals surface area contributed by atoms with Crippen molar-refractivity contribution in [3.05, 3.63) is 55.5 Å². The Kier molecular flexibility index (Phi) is 4.31. The van der Waals surface area contributed by atoms with Crippen LogP contribution in [-0.2, 0) is 0 Å². The van der Waals surface area contributed by atoms with E-state index in [1.165, 1.54) is 29.5 Å². The van der Waals surface area contributed by atoms with Crippen LogP contribution in [0.5, 0.6) is 0 Å². The summed E-state index contributed by atoms with van der Waals surface area (Å²) in [5, 5.41) is 31.3. The van der Waals surface area contributed by atoms with E-state index in [-0.39, 0.29) is 22.9 Å². The van der Waals surface area contributed by atoms with E-state index in [0.717, 1.165) is 5.01 Å². The minimum atomic E-state index is -1.23. The molecule has 1 aromatic heterocycles. The molecule has 2 aromatic rings. The Bertz CT molecular complexity index is 718. The number of aliphatic hydroxyl groups is 1. The molecule has 7 heteroatoms. The monoisotopic (exact) mass is 303 g/mol. The van der Waals surface area contributed by atoms with Gasteiger partial charge in [0.25, 0.3) is 5.69 Å². The molecular formula is C14H13N3O3S. The summed E-state index contributed by atoms with van der Waals surface area (Å²) < 4.78 is 0. The molecule has 1 aromatic carbocycles. The summed E-state index contributed by atoms with van der Waals surface area (Å²) in [5.74, 6) is 0.119. The van der Waals surface area contributed by atoms with Gasteiger partial charge in [-0.15, -0.1) is 11.3 Å². The lowest BCUT2D eigenvalue weighted by atomic mass is 10.1. The van der Waals surface area contributed by atoms with Crippen LogP contribution in [0.1, 0.15) is 47.0 Å². The first-order valence-corrected chi connectivity index (χ1v) is 7.09. The van der Waals surface area contributed by atoms with Crippen LogP contribution in [0, 0.1) is 21.4 Å². The number of nitro groups is 1. The second-order valence-electron chi connectivity index (χ2n) is 4.75. The fourth-order valence-corrected chi connectivity index (χ4v) is 2.91. The summed E-state index contributed by atoms with van der Waals surface area (Å²) in [5.41, 5.74) is 0.112. The first-order chi connectivity index (χ1) is 9.95. The molecular weight excluding hydrogens is 290 g/mol. The predicted molar refractivity (Wildman–Crippen MR) is 78.1 cm³/mol. The molecule has 0 spiro atoms. The summed E-state index contributed by atoms with van der Waals surface area (Å²) in [4.78, 5) is 15.0. The Morgan fingerprint density at radius 3 is 2.67 bits per heavy atom. The molecule has 0 fully saturated rings. The number of rotatable bonds is 4. The van der Waals surface area contributed by atoms with Crippen LogP contribution in [0.2, 0.25) is 0 Å². The van der Waals surface area contributed by atoms with Crippen molar-refractivity contribution in [3.63, 3.8) is 0 Å². The normalized spacial score (nSPS) is 12.1. The third-order valence-electron chi connectivity index (χ3n) is 2.95. The number of para-hydroxylation sites is 1. The van der Waals surface area contributed by atoms with Gasteiger partial charge in [0.05, 0.1) is 20.4 Å². The quantitative estimate of drug-likeness (QED) is 0.690. The SMILES string of the molecule is CC(C)c1nc(C#N)c(C(O)c2ccccc2[N+](=O)[O-])s1. The van der Waals surface area contributed by atoms with Gasteiger partial charge in [-0.1, -0.05) is 26.0 Å². The van der Waals surface area contributed by atoms with Gasteiger partial charge in [-0.2, -0.15) is 5.26 Å². The molecule has 0 saturated carbocycles. The van der Waals surface area contributed by atoms with E-state index in [1.807, 2.05) is 19.9 Å². The average Bonchev–Trinajstić information content (AvgIpc) is 2.90. The molecule has 1 N–H and O–H groups in total. The largest absolute Gasteiger partial charge is 0.382 e. The maximum absolute atomic E-state index is 11.0. The zero-order valence-electron chi connectivity index (χ0n) is 11.5. The molecule has 2 rings (SSSR count). The highest BCUT2D eigenvalue weighted by atomic mass is 32.1. The van der Waals surface area contributed by atoms with Crippen LogP contribution < -0.4 is 0 Å². The summed E-state index contributed by atoms with van der Waals surface area (Å²) >= 11 is 1.21. The van der Waals surface area contributed by atoms with Crippen LogP contribution in [0.15, 0.2) is 24.3 Å². The lowest BCUT2D eigenvalue weighted by Gasteiger charge is -2.09. The molecule has 0 aliphatic rings. The van der Waals surface area contributed by atoms with E-state index >= 15 is 0 Å². The van der Waals surface area contributed by atoms with Gasteiger partial charge in [0, 0.05) is 12.0 Å². The molecule has 0 aliphatic heterocycles. The molecule has 1 heterocycles. The molecule has 0 bridgehead atoms. The topological polar surface area (TPSA) is 100 Å². The van der Waals surface area contributed by atoms with Crippen molar-refractivity contribution in [2.75, 3.05) is 0 Å². The third-order valence-corrected chi connectivity index (χ3v) is 4.35. The van der Waals surface area contributed by atoms with E-state index in [1.54, 1.807) is 6.07 Å². The predicted octanol–water partition coefficient (Wildman–Crippen LogP) is 3.13. The van der Waals surface area contributed by atoms with Gasteiger partial charge < -0.3 is 5.11 Å². The number of aliphatic hydroxyl groups excluding tert-OH is 1. The van der Waals surface area contributed by atoms with Crippen LogP contribution in [0.4, 0.5) is 5.69 Å². The van der Waals surface area contributed by atoms with E-state index in [9.17, 15) is 15.2 Å². The van der Waals surface area contributed by atoms with Crippen LogP contribution in [0.25, 0.3) is 0 Å². The number of benzene rings is 1. The fraction of sp³-hybridized carbons (Fsp3) is 0.286. The summed E-state index contributed by atoms with van der Waals surface area (Å²) in [7, 11) is 0. The van der Waals surface area contributed by atoms with Crippen molar-refractivity contribution >= 4 is 17.0 Å². The lowest BCUT2D eigenvalue weighted by Crippen LogP contribution is -2.03. The smallest absolute Gasteiger partial charge is 0.275 e. The highest BCUT2D eigenvalue weighted by Gasteiger charge is 2.26. The maximum Gasteiger partial charge on any atom is 0.275 e. The number of nitriles is 1. The molecule has 0 saturated heterocycles. The minimum Gasteiger partial charge on any atom is -0.382 e. The molecule has 21 heavy (non-hydrogen) atoms. The Morgan fingerprint density at radius 1 is 1.43 bits per heavy atom. The van der Waals surface area contributed by atoms with Gasteiger partial charge in [0.1, 0.15) is 12.2 Å². The molecule has 6 nitrogen and oxygen atoms in total. The molecule has 1 unspecified atom stereocenters. The number of nitrogens with zero attached hydrogens (tertiary/aromatic N) is 3. The minimum absolute atomic E-state index is 0.119. The van der Waals surface area contributed by atoms with Gasteiger partial charge in [0.15, 0.2) is 5.69 Å². The van der Waals surface area contributed by atoms with E-state index in [4.69, 9.17) is 5.26 Å². The van der Waals surface area contributed by atoms with Crippen molar-refractivity contribution in [2.24, 2.45) is 0 Å². The maximum atomic E-state index is 11.0. The fourth-order valence-electron chi connectivity index (χ4n) is 1.89. The van der Waals surface area contributed by atoms with Crippen LogP contribution >= 0.6 is 11.3 Å². The molecule has 108 valence electrons. The Hall–Kier alpha value is -2.30. The second-order valence-corrected chi connectivity index (χ2v) is 5.81. The molecule has 0 amide bonds. The Morgan fingerprint density at radius 2 is 2.10 bits per heavy atom.